The van der Waals surface area contributed by atoms with Gasteiger partial charge in [0.15, 0.2) is 0 Å². The number of carbonyl (C=O) groups is 1. The first-order valence-corrected chi connectivity index (χ1v) is 11.3. The van der Waals surface area contributed by atoms with Gasteiger partial charge in [-0.1, -0.05) is 48.9 Å². The first-order chi connectivity index (χ1) is 14.3. The lowest BCUT2D eigenvalue weighted by molar-refractivity contribution is 0.0951. The Morgan fingerprint density at radius 3 is 2.17 bits per heavy atom. The Kier molecular flexibility index (Phi) is 6.80. The Labute approximate surface area is 182 Å². The van der Waals surface area contributed by atoms with Gasteiger partial charge in [0.2, 0.25) is 0 Å². The molecule has 0 aliphatic rings. The number of nitrogens with zero attached hydrogens (tertiary/aromatic N) is 1. The van der Waals surface area contributed by atoms with Crippen molar-refractivity contribution in [2.24, 2.45) is 0 Å². The molecular weight excluding hydrogens is 420 g/mol. The lowest BCUT2D eigenvalue weighted by Crippen LogP contribution is -2.28. The van der Waals surface area contributed by atoms with Crippen molar-refractivity contribution in [3.63, 3.8) is 0 Å². The predicted octanol–water partition coefficient (Wildman–Crippen LogP) is 4.70. The zero-order valence-corrected chi connectivity index (χ0v) is 18.3. The van der Waals surface area contributed by atoms with Crippen LogP contribution in [0.3, 0.4) is 0 Å². The molecule has 0 aromatic heterocycles. The topological polar surface area (TPSA) is 66.5 Å². The summed E-state index contributed by atoms with van der Waals surface area (Å²) in [7, 11) is -2.25. The van der Waals surface area contributed by atoms with Crippen molar-refractivity contribution >= 4 is 33.2 Å². The Morgan fingerprint density at radius 2 is 1.57 bits per heavy atom. The summed E-state index contributed by atoms with van der Waals surface area (Å²) in [6.45, 7) is 2.56. The van der Waals surface area contributed by atoms with Crippen LogP contribution in [0, 0.1) is 0 Å². The number of halogens is 1. The van der Waals surface area contributed by atoms with Crippen molar-refractivity contribution in [3.8, 4) is 0 Å². The van der Waals surface area contributed by atoms with E-state index in [2.05, 4.69) is 12.2 Å². The van der Waals surface area contributed by atoms with Crippen LogP contribution in [0.15, 0.2) is 83.8 Å². The number of carbonyl (C=O) groups excluding carboxylic acids is 1. The Bertz CT molecular complexity index is 1100. The zero-order valence-electron chi connectivity index (χ0n) is 16.7. The lowest BCUT2D eigenvalue weighted by atomic mass is 10.0. The molecule has 0 aliphatic heterocycles. The molecule has 0 spiro atoms. The van der Waals surface area contributed by atoms with Crippen LogP contribution in [0.25, 0.3) is 0 Å². The summed E-state index contributed by atoms with van der Waals surface area (Å²) in [5, 5.41) is 3.39. The van der Waals surface area contributed by atoms with E-state index < -0.39 is 10.0 Å². The molecule has 0 radical (unpaired) electrons. The first-order valence-electron chi connectivity index (χ1n) is 9.47. The van der Waals surface area contributed by atoms with Crippen molar-refractivity contribution in [1.29, 1.82) is 0 Å². The van der Waals surface area contributed by atoms with Gasteiger partial charge >= 0.3 is 0 Å². The van der Waals surface area contributed by atoms with Gasteiger partial charge in [-0.2, -0.15) is 0 Å². The molecule has 3 aromatic carbocycles. The number of anilines is 1. The van der Waals surface area contributed by atoms with Crippen LogP contribution in [0.1, 0.15) is 28.8 Å². The van der Waals surface area contributed by atoms with E-state index in [1.54, 1.807) is 24.3 Å². The van der Waals surface area contributed by atoms with Crippen LogP contribution < -0.4 is 9.62 Å². The largest absolute Gasteiger partial charge is 0.351 e. The molecule has 5 nitrogen and oxygen atoms in total. The zero-order chi connectivity index (χ0) is 21.7. The molecule has 0 unspecified atom stereocenters. The van der Waals surface area contributed by atoms with Gasteiger partial charge in [0.1, 0.15) is 0 Å². The molecule has 0 heterocycles. The number of rotatable bonds is 7. The summed E-state index contributed by atoms with van der Waals surface area (Å²) in [6, 6.07) is 22.4. The summed E-state index contributed by atoms with van der Waals surface area (Å²) in [5.74, 6) is -0.0161. The molecule has 0 aliphatic carbocycles. The minimum atomic E-state index is -3.72. The molecule has 156 valence electrons. The van der Waals surface area contributed by atoms with Gasteiger partial charge in [0, 0.05) is 24.2 Å². The fourth-order valence-electron chi connectivity index (χ4n) is 2.97. The number of sulfonamides is 1. The fraction of sp³-hybridized carbons (Fsp3) is 0.174. The number of hydrogen-bond acceptors (Lipinski definition) is 3. The van der Waals surface area contributed by atoms with Crippen LogP contribution in [-0.2, 0) is 10.0 Å². The molecule has 0 fully saturated rings. The maximum Gasteiger partial charge on any atom is 0.264 e. The average molecular weight is 443 g/mol. The second kappa shape index (κ2) is 9.32. The smallest absolute Gasteiger partial charge is 0.264 e. The van der Waals surface area contributed by atoms with E-state index in [0.717, 1.165) is 5.56 Å². The normalized spacial score (nSPS) is 12.2. The highest BCUT2D eigenvalue weighted by molar-refractivity contribution is 7.92. The van der Waals surface area contributed by atoms with Gasteiger partial charge in [0.05, 0.1) is 10.6 Å². The Morgan fingerprint density at radius 1 is 0.967 bits per heavy atom. The summed E-state index contributed by atoms with van der Waals surface area (Å²) in [6.07, 6.45) is 0. The van der Waals surface area contributed by atoms with Crippen molar-refractivity contribution in [1.82, 2.24) is 5.32 Å². The van der Waals surface area contributed by atoms with Gasteiger partial charge in [-0.15, -0.1) is 0 Å². The van der Waals surface area contributed by atoms with E-state index in [0.29, 0.717) is 22.8 Å². The van der Waals surface area contributed by atoms with E-state index >= 15 is 0 Å². The first kappa shape index (κ1) is 21.9. The average Bonchev–Trinajstić information content (AvgIpc) is 2.77. The van der Waals surface area contributed by atoms with Crippen LogP contribution in [0.5, 0.6) is 0 Å². The Balaban J connectivity index is 1.66. The third-order valence-corrected chi connectivity index (χ3v) is 6.95. The van der Waals surface area contributed by atoms with Crippen molar-refractivity contribution < 1.29 is 13.2 Å². The lowest BCUT2D eigenvalue weighted by Gasteiger charge is -2.20. The minimum absolute atomic E-state index is 0.145. The molecule has 3 rings (SSSR count). The van der Waals surface area contributed by atoms with Gasteiger partial charge < -0.3 is 5.32 Å². The highest BCUT2D eigenvalue weighted by Gasteiger charge is 2.21. The number of amides is 1. The SMILES string of the molecule is C[C@@H](CNC(=O)c1ccc(N(C)S(=O)(=O)c2ccc(Cl)cc2)cc1)c1ccccc1. The van der Waals surface area contributed by atoms with Crippen molar-refractivity contribution in [2.75, 3.05) is 17.9 Å². The van der Waals surface area contributed by atoms with Crippen LogP contribution >= 0.6 is 11.6 Å². The maximum absolute atomic E-state index is 12.8. The Hall–Kier alpha value is -2.83. The standard InChI is InChI=1S/C23H23ClN2O3S/c1-17(18-6-4-3-5-7-18)16-25-23(27)19-8-12-21(13-9-19)26(2)30(28,29)22-14-10-20(24)11-15-22/h3-15,17H,16H2,1-2H3,(H,25,27)/t17-/m0/s1. The van der Waals surface area contributed by atoms with Crippen LogP contribution in [0.2, 0.25) is 5.02 Å². The van der Waals surface area contributed by atoms with Crippen LogP contribution in [0.4, 0.5) is 5.69 Å². The van der Waals surface area contributed by atoms with Gasteiger partial charge in [-0.3, -0.25) is 9.10 Å². The molecule has 7 heteroatoms. The second-order valence-electron chi connectivity index (χ2n) is 7.00. The van der Waals surface area contributed by atoms with E-state index in [4.69, 9.17) is 11.6 Å². The van der Waals surface area contributed by atoms with Crippen molar-refractivity contribution in [2.45, 2.75) is 17.7 Å². The second-order valence-corrected chi connectivity index (χ2v) is 9.40. The fourth-order valence-corrected chi connectivity index (χ4v) is 4.29. The molecule has 3 aromatic rings. The summed E-state index contributed by atoms with van der Waals surface area (Å²) in [4.78, 5) is 12.6. The molecule has 1 amide bonds. The molecule has 0 bridgehead atoms. The highest BCUT2D eigenvalue weighted by atomic mass is 35.5. The minimum Gasteiger partial charge on any atom is -0.351 e. The van der Waals surface area contributed by atoms with E-state index in [9.17, 15) is 13.2 Å². The third-order valence-electron chi connectivity index (χ3n) is 4.90. The predicted molar refractivity (Wildman–Crippen MR) is 121 cm³/mol. The van der Waals surface area contributed by atoms with E-state index in [-0.39, 0.29) is 16.7 Å². The molecule has 1 N–H and O–H groups in total. The number of benzene rings is 3. The molecular formula is C23H23ClN2O3S. The third kappa shape index (κ3) is 5.01. The van der Waals surface area contributed by atoms with E-state index in [1.807, 2.05) is 30.3 Å². The van der Waals surface area contributed by atoms with Gasteiger partial charge in [-0.25, -0.2) is 8.42 Å². The highest BCUT2D eigenvalue weighted by Crippen LogP contribution is 2.23. The quantitative estimate of drug-likeness (QED) is 0.576. The molecule has 30 heavy (non-hydrogen) atoms. The maximum atomic E-state index is 12.8. The summed E-state index contributed by atoms with van der Waals surface area (Å²) < 4.78 is 26.7. The summed E-state index contributed by atoms with van der Waals surface area (Å²) >= 11 is 5.84. The molecule has 1 atom stereocenters. The molecule has 0 saturated carbocycles. The van der Waals surface area contributed by atoms with Crippen LogP contribution in [-0.4, -0.2) is 27.9 Å². The monoisotopic (exact) mass is 442 g/mol. The van der Waals surface area contributed by atoms with Crippen molar-refractivity contribution in [3.05, 3.63) is 95.0 Å². The van der Waals surface area contributed by atoms with Gasteiger partial charge in [0.25, 0.3) is 15.9 Å². The molecule has 0 saturated heterocycles. The number of hydrogen-bond donors (Lipinski definition) is 1. The van der Waals surface area contributed by atoms with Gasteiger partial charge in [-0.05, 0) is 60.0 Å². The summed E-state index contributed by atoms with van der Waals surface area (Å²) in [5.41, 5.74) is 2.08. The number of nitrogens with one attached hydrogen (secondary N) is 1. The van der Waals surface area contributed by atoms with E-state index in [1.165, 1.54) is 35.6 Å².